The van der Waals surface area contributed by atoms with E-state index in [9.17, 15) is 28.8 Å². The lowest BCUT2D eigenvalue weighted by atomic mass is 10.1. The van der Waals surface area contributed by atoms with Crippen LogP contribution >= 0.6 is 0 Å². The quantitative estimate of drug-likeness (QED) is 0.135. The Bertz CT molecular complexity index is 842. The van der Waals surface area contributed by atoms with E-state index in [2.05, 4.69) is 25.9 Å². The summed E-state index contributed by atoms with van der Waals surface area (Å²) in [6.45, 7) is -0.710. The Kier molecular flexibility index (Phi) is 10.3. The Morgan fingerprint density at radius 1 is 1.00 bits per heavy atom. The fraction of sp³-hybridized carbons (Fsp3) is 0.471. The smallest absolute Gasteiger partial charge is 0.322 e. The van der Waals surface area contributed by atoms with Gasteiger partial charge in [-0.25, -0.2) is 4.98 Å². The second kappa shape index (κ2) is 12.6. The average Bonchev–Trinajstić information content (AvgIpc) is 3.21. The first-order valence-corrected chi connectivity index (χ1v) is 9.32. The molecule has 0 saturated heterocycles. The monoisotopic (exact) mass is 455 g/mol. The number of carbonyl (C=O) groups is 6. The average molecular weight is 455 g/mol. The number of nitrogens with two attached hydrogens (primary N) is 2. The van der Waals surface area contributed by atoms with Gasteiger partial charge < -0.3 is 42.6 Å². The van der Waals surface area contributed by atoms with Crippen LogP contribution in [0, 0.1) is 0 Å². The van der Waals surface area contributed by atoms with Crippen LogP contribution in [0.5, 0.6) is 0 Å². The third kappa shape index (κ3) is 9.66. The summed E-state index contributed by atoms with van der Waals surface area (Å²) in [6, 6.07) is -4.14. The summed E-state index contributed by atoms with van der Waals surface area (Å²) >= 11 is 0. The zero-order valence-electron chi connectivity index (χ0n) is 16.9. The summed E-state index contributed by atoms with van der Waals surface area (Å²) in [6.07, 6.45) is 1.43. The summed E-state index contributed by atoms with van der Waals surface area (Å²) in [4.78, 5) is 76.4. The van der Waals surface area contributed by atoms with Gasteiger partial charge in [0.05, 0.1) is 18.8 Å². The Morgan fingerprint density at radius 3 is 2.19 bits per heavy atom. The molecule has 15 nitrogen and oxygen atoms in total. The largest absolute Gasteiger partial charge is 0.481 e. The maximum absolute atomic E-state index is 12.7. The molecule has 0 bridgehead atoms. The maximum atomic E-state index is 12.7. The minimum Gasteiger partial charge on any atom is -0.481 e. The predicted octanol–water partition coefficient (Wildman–Crippen LogP) is -3.81. The fourth-order valence-corrected chi connectivity index (χ4v) is 2.48. The van der Waals surface area contributed by atoms with Crippen LogP contribution in [-0.2, 0) is 35.2 Å². The number of aromatic amines is 1. The van der Waals surface area contributed by atoms with Crippen molar-refractivity contribution in [1.29, 1.82) is 0 Å². The van der Waals surface area contributed by atoms with Crippen molar-refractivity contribution in [1.82, 2.24) is 25.9 Å². The molecule has 0 radical (unpaired) electrons. The van der Waals surface area contributed by atoms with E-state index < -0.39 is 66.7 Å². The Labute approximate surface area is 181 Å². The lowest BCUT2D eigenvalue weighted by Gasteiger charge is -2.23. The van der Waals surface area contributed by atoms with Crippen LogP contribution < -0.4 is 27.4 Å². The molecule has 1 aromatic rings. The van der Waals surface area contributed by atoms with Crippen LogP contribution in [-0.4, -0.2) is 80.4 Å². The highest BCUT2D eigenvalue weighted by molar-refractivity contribution is 5.95. The van der Waals surface area contributed by atoms with Crippen LogP contribution in [0.15, 0.2) is 12.5 Å². The van der Waals surface area contributed by atoms with Gasteiger partial charge in [-0.3, -0.25) is 28.8 Å². The topological polar surface area (TPSA) is 260 Å². The number of aliphatic carboxylic acids is 2. The third-order valence-corrected chi connectivity index (χ3v) is 4.08. The number of aromatic nitrogens is 2. The summed E-state index contributed by atoms with van der Waals surface area (Å²) in [5.74, 6) is -6.19. The molecule has 15 heteroatoms. The standard InChI is InChI=1S/C17H25N7O8/c18-9(1-2-12(19)25)15(30)23-11(4-13(26)27)17(32)24-10(3-8-5-20-7-22-8)16(31)21-6-14(28)29/h5,7,9-11H,1-4,6,18H2,(H2,19,25)(H,20,22)(H,21,31)(H,23,30)(H,24,32)(H,26,27)(H,28,29). The SMILES string of the molecule is NC(=O)CCC(N)C(=O)NC(CC(=O)O)C(=O)NC(Cc1cnc[nH]1)C(=O)NCC(=O)O. The molecule has 4 amide bonds. The van der Waals surface area contributed by atoms with Crippen LogP contribution in [0.4, 0.5) is 0 Å². The first-order valence-electron chi connectivity index (χ1n) is 9.32. The Morgan fingerprint density at radius 2 is 1.66 bits per heavy atom. The van der Waals surface area contributed by atoms with E-state index in [1.807, 2.05) is 0 Å². The number of imidazole rings is 1. The summed E-state index contributed by atoms with van der Waals surface area (Å²) < 4.78 is 0. The molecule has 3 unspecified atom stereocenters. The highest BCUT2D eigenvalue weighted by Crippen LogP contribution is 2.03. The van der Waals surface area contributed by atoms with E-state index in [-0.39, 0.29) is 19.3 Å². The van der Waals surface area contributed by atoms with Gasteiger partial charge in [-0.2, -0.15) is 0 Å². The van der Waals surface area contributed by atoms with Crippen LogP contribution in [0.1, 0.15) is 25.0 Å². The summed E-state index contributed by atoms with van der Waals surface area (Å²) in [5.41, 5.74) is 11.0. The lowest BCUT2D eigenvalue weighted by Crippen LogP contribution is -2.57. The van der Waals surface area contributed by atoms with Gasteiger partial charge in [-0.05, 0) is 6.42 Å². The zero-order chi connectivity index (χ0) is 24.3. The van der Waals surface area contributed by atoms with Crippen molar-refractivity contribution >= 4 is 35.6 Å². The number of hydrogen-bond donors (Lipinski definition) is 8. The highest BCUT2D eigenvalue weighted by Gasteiger charge is 2.30. The molecule has 10 N–H and O–H groups in total. The molecular formula is C17H25N7O8. The molecule has 0 saturated carbocycles. The van der Waals surface area contributed by atoms with Crippen molar-refractivity contribution in [2.45, 2.75) is 43.8 Å². The predicted molar refractivity (Wildman–Crippen MR) is 105 cm³/mol. The zero-order valence-corrected chi connectivity index (χ0v) is 16.9. The molecule has 3 atom stereocenters. The number of amides is 4. The second-order valence-corrected chi connectivity index (χ2v) is 6.72. The number of carboxylic acids is 2. The first kappa shape index (κ1) is 26.0. The van der Waals surface area contributed by atoms with E-state index >= 15 is 0 Å². The molecule has 176 valence electrons. The van der Waals surface area contributed by atoms with Gasteiger partial charge in [-0.1, -0.05) is 0 Å². The minimum absolute atomic E-state index is 0.122. The molecule has 0 aliphatic heterocycles. The third-order valence-electron chi connectivity index (χ3n) is 4.08. The van der Waals surface area contributed by atoms with Gasteiger partial charge >= 0.3 is 11.9 Å². The van der Waals surface area contributed by atoms with Crippen molar-refractivity contribution in [3.63, 3.8) is 0 Å². The second-order valence-electron chi connectivity index (χ2n) is 6.72. The van der Waals surface area contributed by atoms with E-state index in [0.29, 0.717) is 5.69 Å². The minimum atomic E-state index is -1.60. The molecule has 0 spiro atoms. The Balaban J connectivity index is 2.92. The summed E-state index contributed by atoms with van der Waals surface area (Å²) in [5, 5.41) is 24.4. The number of carboxylic acid groups (broad SMARTS) is 2. The maximum Gasteiger partial charge on any atom is 0.322 e. The Hall–Kier alpha value is -4.01. The van der Waals surface area contributed by atoms with Crippen molar-refractivity contribution < 1.29 is 39.0 Å². The van der Waals surface area contributed by atoms with Crippen LogP contribution in [0.2, 0.25) is 0 Å². The number of hydrogen-bond acceptors (Lipinski definition) is 8. The molecular weight excluding hydrogens is 430 g/mol. The number of nitrogens with one attached hydrogen (secondary N) is 4. The molecule has 1 aromatic heterocycles. The van der Waals surface area contributed by atoms with E-state index in [4.69, 9.17) is 21.7 Å². The van der Waals surface area contributed by atoms with Crippen molar-refractivity contribution in [2.24, 2.45) is 11.5 Å². The summed E-state index contributed by atoms with van der Waals surface area (Å²) in [7, 11) is 0. The molecule has 32 heavy (non-hydrogen) atoms. The van der Waals surface area contributed by atoms with Gasteiger partial charge in [0.25, 0.3) is 0 Å². The van der Waals surface area contributed by atoms with Gasteiger partial charge in [0.2, 0.25) is 23.6 Å². The molecule has 0 aliphatic carbocycles. The normalized spacial score (nSPS) is 13.3. The van der Waals surface area contributed by atoms with Gasteiger partial charge in [0, 0.05) is 24.7 Å². The van der Waals surface area contributed by atoms with Gasteiger partial charge in [0.1, 0.15) is 18.6 Å². The molecule has 1 heterocycles. The highest BCUT2D eigenvalue weighted by atomic mass is 16.4. The molecule has 1 rings (SSSR count). The first-order chi connectivity index (χ1) is 15.0. The van der Waals surface area contributed by atoms with Crippen molar-refractivity contribution in [3.8, 4) is 0 Å². The molecule has 0 aliphatic rings. The number of primary amides is 1. The van der Waals surface area contributed by atoms with E-state index in [0.717, 1.165) is 0 Å². The van der Waals surface area contributed by atoms with E-state index in [1.54, 1.807) is 0 Å². The lowest BCUT2D eigenvalue weighted by molar-refractivity contribution is -0.141. The molecule has 0 aromatic carbocycles. The van der Waals surface area contributed by atoms with Gasteiger partial charge in [0.15, 0.2) is 0 Å². The van der Waals surface area contributed by atoms with Gasteiger partial charge in [-0.15, -0.1) is 0 Å². The van der Waals surface area contributed by atoms with Crippen LogP contribution in [0.25, 0.3) is 0 Å². The van der Waals surface area contributed by atoms with Crippen LogP contribution in [0.3, 0.4) is 0 Å². The molecule has 0 fully saturated rings. The van der Waals surface area contributed by atoms with E-state index in [1.165, 1.54) is 12.5 Å². The van der Waals surface area contributed by atoms with Crippen molar-refractivity contribution in [2.75, 3.05) is 6.54 Å². The number of H-pyrrole nitrogens is 1. The number of carbonyl (C=O) groups excluding carboxylic acids is 4. The van der Waals surface area contributed by atoms with Crippen molar-refractivity contribution in [3.05, 3.63) is 18.2 Å². The number of rotatable bonds is 14. The fourth-order valence-electron chi connectivity index (χ4n) is 2.48. The number of nitrogens with zero attached hydrogens (tertiary/aromatic N) is 1.